The summed E-state index contributed by atoms with van der Waals surface area (Å²) in [7, 11) is 1.77. The predicted molar refractivity (Wildman–Crippen MR) is 122 cm³/mol. The average Bonchev–Trinajstić information content (AvgIpc) is 3.27. The molecule has 1 aromatic carbocycles. The first-order valence-corrected chi connectivity index (χ1v) is 9.65. The maximum atomic E-state index is 13.3. The minimum absolute atomic E-state index is 0. The number of aliphatic imine (C=N–C) groups is 1. The van der Waals surface area contributed by atoms with E-state index in [0.717, 1.165) is 59.8 Å². The number of H-pyrrole nitrogens is 1. The van der Waals surface area contributed by atoms with E-state index in [1.807, 2.05) is 18.5 Å². The van der Waals surface area contributed by atoms with E-state index in [1.165, 1.54) is 17.0 Å². The molecule has 0 aliphatic carbocycles. The third kappa shape index (κ3) is 5.90. The number of aryl methyl sites for hydroxylation is 1. The molecular formula is C19H25FIN5S. The minimum Gasteiger partial charge on any atom is -0.361 e. The van der Waals surface area contributed by atoms with Gasteiger partial charge < -0.3 is 15.6 Å². The summed E-state index contributed by atoms with van der Waals surface area (Å²) >= 11 is 1.77. The van der Waals surface area contributed by atoms with Crippen LogP contribution in [0, 0.1) is 5.82 Å². The Bertz CT molecular complexity index is 889. The van der Waals surface area contributed by atoms with E-state index in [1.54, 1.807) is 18.4 Å². The Morgan fingerprint density at radius 3 is 2.74 bits per heavy atom. The van der Waals surface area contributed by atoms with E-state index in [0.29, 0.717) is 0 Å². The van der Waals surface area contributed by atoms with Crippen LogP contribution in [0.5, 0.6) is 0 Å². The molecule has 0 saturated heterocycles. The molecule has 3 rings (SSSR count). The number of aromatic amines is 1. The van der Waals surface area contributed by atoms with Gasteiger partial charge in [-0.2, -0.15) is 0 Å². The number of nitrogens with one attached hydrogen (secondary N) is 3. The number of rotatable bonds is 7. The van der Waals surface area contributed by atoms with Gasteiger partial charge in [-0.15, -0.1) is 35.3 Å². The van der Waals surface area contributed by atoms with Crippen molar-refractivity contribution >= 4 is 52.2 Å². The lowest BCUT2D eigenvalue weighted by Gasteiger charge is -2.11. The van der Waals surface area contributed by atoms with Crippen LogP contribution in [0.4, 0.5) is 4.39 Å². The molecule has 27 heavy (non-hydrogen) atoms. The van der Waals surface area contributed by atoms with Crippen LogP contribution in [0.15, 0.2) is 35.6 Å². The lowest BCUT2D eigenvalue weighted by Crippen LogP contribution is -2.39. The summed E-state index contributed by atoms with van der Waals surface area (Å²) in [6.45, 7) is 3.69. The van der Waals surface area contributed by atoms with E-state index in [-0.39, 0.29) is 29.8 Å². The van der Waals surface area contributed by atoms with Crippen LogP contribution in [-0.2, 0) is 19.3 Å². The fourth-order valence-electron chi connectivity index (χ4n) is 2.82. The topological polar surface area (TPSA) is 65.1 Å². The number of thiazole rings is 1. The fraction of sp³-hybridized carbons (Fsp3) is 0.368. The van der Waals surface area contributed by atoms with E-state index in [2.05, 4.69) is 32.5 Å². The van der Waals surface area contributed by atoms with Gasteiger partial charge in [0.2, 0.25) is 0 Å². The third-order valence-corrected chi connectivity index (χ3v) is 5.42. The Morgan fingerprint density at radius 1 is 1.26 bits per heavy atom. The van der Waals surface area contributed by atoms with Crippen molar-refractivity contribution < 1.29 is 4.39 Å². The summed E-state index contributed by atoms with van der Waals surface area (Å²) in [4.78, 5) is 13.1. The third-order valence-electron chi connectivity index (χ3n) is 4.22. The Morgan fingerprint density at radius 2 is 2.04 bits per heavy atom. The lowest BCUT2D eigenvalue weighted by atomic mass is 10.1. The number of guanidine groups is 1. The maximum absolute atomic E-state index is 13.3. The van der Waals surface area contributed by atoms with Crippen molar-refractivity contribution in [1.82, 2.24) is 20.6 Å². The summed E-state index contributed by atoms with van der Waals surface area (Å²) in [5, 5.41) is 8.85. The second kappa shape index (κ2) is 10.6. The van der Waals surface area contributed by atoms with Crippen molar-refractivity contribution in [1.29, 1.82) is 0 Å². The molecule has 5 nitrogen and oxygen atoms in total. The summed E-state index contributed by atoms with van der Waals surface area (Å²) in [5.74, 6) is 0.558. The summed E-state index contributed by atoms with van der Waals surface area (Å²) in [6, 6.07) is 4.84. The SMILES string of the molecule is CCc1cnc(CCNC(=NC)NCCc2c[nH]c3cc(F)ccc23)s1.I. The number of hydrogen-bond donors (Lipinski definition) is 3. The molecule has 0 amide bonds. The lowest BCUT2D eigenvalue weighted by molar-refractivity contribution is 0.629. The van der Waals surface area contributed by atoms with Crippen molar-refractivity contribution in [3.8, 4) is 0 Å². The van der Waals surface area contributed by atoms with E-state index >= 15 is 0 Å². The van der Waals surface area contributed by atoms with Gasteiger partial charge >= 0.3 is 0 Å². The van der Waals surface area contributed by atoms with Gasteiger partial charge in [0, 0.05) is 54.7 Å². The number of nitrogens with zero attached hydrogens (tertiary/aromatic N) is 2. The molecule has 2 aromatic heterocycles. The molecule has 0 fully saturated rings. The van der Waals surface area contributed by atoms with Gasteiger partial charge in [0.15, 0.2) is 5.96 Å². The normalized spacial score (nSPS) is 11.4. The molecule has 0 bridgehead atoms. The Hall–Kier alpha value is -1.68. The summed E-state index contributed by atoms with van der Waals surface area (Å²) in [5.41, 5.74) is 2.00. The molecule has 0 aliphatic rings. The monoisotopic (exact) mass is 501 g/mol. The molecule has 3 N–H and O–H groups in total. The zero-order valence-electron chi connectivity index (χ0n) is 15.5. The van der Waals surface area contributed by atoms with E-state index in [4.69, 9.17) is 0 Å². The zero-order chi connectivity index (χ0) is 18.4. The Labute approximate surface area is 179 Å². The van der Waals surface area contributed by atoms with Gasteiger partial charge in [-0.05, 0) is 36.6 Å². The van der Waals surface area contributed by atoms with Gasteiger partial charge in [0.1, 0.15) is 5.82 Å². The number of aromatic nitrogens is 2. The molecule has 0 radical (unpaired) electrons. The molecule has 0 aliphatic heterocycles. The van der Waals surface area contributed by atoms with Gasteiger partial charge in [0.05, 0.1) is 5.01 Å². The maximum Gasteiger partial charge on any atom is 0.191 e. The van der Waals surface area contributed by atoms with Gasteiger partial charge in [0.25, 0.3) is 0 Å². The van der Waals surface area contributed by atoms with E-state index < -0.39 is 0 Å². The molecule has 0 spiro atoms. The van der Waals surface area contributed by atoms with Crippen LogP contribution in [0.25, 0.3) is 10.9 Å². The number of benzene rings is 1. The van der Waals surface area contributed by atoms with Crippen molar-refractivity contribution in [2.75, 3.05) is 20.1 Å². The van der Waals surface area contributed by atoms with Crippen LogP contribution in [0.3, 0.4) is 0 Å². The first kappa shape index (κ1) is 21.6. The standard InChI is InChI=1S/C19H24FN5S.HI/c1-3-15-12-25-18(26-15)7-9-23-19(21-2)22-8-6-13-11-24-17-10-14(20)4-5-16(13)17;/h4-5,10-12,24H,3,6-9H2,1-2H3,(H2,21,22,23);1H. The van der Waals surface area contributed by atoms with Crippen molar-refractivity contribution in [2.24, 2.45) is 4.99 Å². The Balaban J connectivity index is 0.00000261. The highest BCUT2D eigenvalue weighted by Gasteiger charge is 2.06. The summed E-state index contributed by atoms with van der Waals surface area (Å²) < 4.78 is 13.3. The van der Waals surface area contributed by atoms with Gasteiger partial charge in [-0.3, -0.25) is 4.99 Å². The van der Waals surface area contributed by atoms with Crippen LogP contribution in [-0.4, -0.2) is 36.1 Å². The predicted octanol–water partition coefficient (Wildman–Crippen LogP) is 3.89. The first-order chi connectivity index (χ1) is 12.7. The van der Waals surface area contributed by atoms with E-state index in [9.17, 15) is 4.39 Å². The van der Waals surface area contributed by atoms with Crippen molar-refractivity contribution in [3.05, 3.63) is 51.9 Å². The number of halogens is 2. The molecule has 0 saturated carbocycles. The zero-order valence-corrected chi connectivity index (χ0v) is 18.7. The molecule has 146 valence electrons. The van der Waals surface area contributed by atoms with Crippen LogP contribution in [0.2, 0.25) is 0 Å². The van der Waals surface area contributed by atoms with Crippen LogP contribution in [0.1, 0.15) is 22.4 Å². The highest BCUT2D eigenvalue weighted by Crippen LogP contribution is 2.19. The molecular weight excluding hydrogens is 476 g/mol. The van der Waals surface area contributed by atoms with Crippen LogP contribution < -0.4 is 10.6 Å². The number of fused-ring (bicyclic) bond motifs is 1. The molecule has 2 heterocycles. The minimum atomic E-state index is -0.222. The molecule has 0 unspecified atom stereocenters. The quantitative estimate of drug-likeness (QED) is 0.262. The second-order valence-electron chi connectivity index (χ2n) is 6.00. The first-order valence-electron chi connectivity index (χ1n) is 8.83. The van der Waals surface area contributed by atoms with Gasteiger partial charge in [-0.1, -0.05) is 6.92 Å². The van der Waals surface area contributed by atoms with Crippen LogP contribution >= 0.6 is 35.3 Å². The van der Waals surface area contributed by atoms with Gasteiger partial charge in [-0.25, -0.2) is 9.37 Å². The smallest absolute Gasteiger partial charge is 0.191 e. The number of hydrogen-bond acceptors (Lipinski definition) is 3. The Kier molecular flexibility index (Phi) is 8.49. The highest BCUT2D eigenvalue weighted by molar-refractivity contribution is 14.0. The van der Waals surface area contributed by atoms with Crippen molar-refractivity contribution in [3.63, 3.8) is 0 Å². The average molecular weight is 501 g/mol. The van der Waals surface area contributed by atoms with Crippen molar-refractivity contribution in [2.45, 2.75) is 26.2 Å². The fourth-order valence-corrected chi connectivity index (χ4v) is 3.68. The largest absolute Gasteiger partial charge is 0.361 e. The molecule has 8 heteroatoms. The molecule has 3 aromatic rings. The highest BCUT2D eigenvalue weighted by atomic mass is 127. The summed E-state index contributed by atoms with van der Waals surface area (Å²) in [6.07, 6.45) is 6.66. The molecule has 0 atom stereocenters. The second-order valence-corrected chi connectivity index (χ2v) is 7.20.